The predicted molar refractivity (Wildman–Crippen MR) is 140 cm³/mol. The second-order valence-corrected chi connectivity index (χ2v) is 9.35. The molecule has 8 heteroatoms. The number of urea groups is 1. The van der Waals surface area contributed by atoms with Crippen LogP contribution in [0.4, 0.5) is 4.79 Å². The zero-order valence-corrected chi connectivity index (χ0v) is 21.7. The van der Waals surface area contributed by atoms with Gasteiger partial charge in [0.15, 0.2) is 5.78 Å². The van der Waals surface area contributed by atoms with Crippen LogP contribution in [0, 0.1) is 5.92 Å². The van der Waals surface area contributed by atoms with Crippen molar-refractivity contribution in [1.82, 2.24) is 21.3 Å². The molecule has 1 aliphatic heterocycles. The molecular weight excluding hydrogens is 444 g/mol. The van der Waals surface area contributed by atoms with Crippen molar-refractivity contribution >= 4 is 23.6 Å². The van der Waals surface area contributed by atoms with Crippen LogP contribution >= 0.6 is 0 Å². The van der Waals surface area contributed by atoms with Gasteiger partial charge in [-0.3, -0.25) is 14.4 Å². The maximum atomic E-state index is 12.6. The lowest BCUT2D eigenvalue weighted by Crippen LogP contribution is -2.47. The van der Waals surface area contributed by atoms with Gasteiger partial charge in [-0.25, -0.2) is 4.79 Å². The molecule has 35 heavy (non-hydrogen) atoms. The minimum atomic E-state index is -0.759. The molecule has 4 N–H and O–H groups in total. The van der Waals surface area contributed by atoms with Crippen molar-refractivity contribution in [2.24, 2.45) is 5.92 Å². The summed E-state index contributed by atoms with van der Waals surface area (Å²) in [5, 5.41) is 10.8. The van der Waals surface area contributed by atoms with Gasteiger partial charge >= 0.3 is 6.03 Å². The Morgan fingerprint density at radius 1 is 0.943 bits per heavy atom. The second-order valence-electron chi connectivity index (χ2n) is 9.35. The van der Waals surface area contributed by atoms with E-state index in [1.165, 1.54) is 57.4 Å². The largest absolute Gasteiger partial charge is 0.352 e. The van der Waals surface area contributed by atoms with Crippen LogP contribution in [-0.4, -0.2) is 49.3 Å². The maximum absolute atomic E-state index is 12.6. The third-order valence-corrected chi connectivity index (χ3v) is 5.93. The lowest BCUT2D eigenvalue weighted by atomic mass is 9.98. The van der Waals surface area contributed by atoms with Crippen molar-refractivity contribution in [2.45, 2.75) is 96.9 Å². The molecule has 0 fully saturated rings. The Morgan fingerprint density at radius 2 is 1.60 bits per heavy atom. The number of nitrogens with one attached hydrogen (secondary N) is 4. The third kappa shape index (κ3) is 16.6. The van der Waals surface area contributed by atoms with Gasteiger partial charge in [0.25, 0.3) is 0 Å². The van der Waals surface area contributed by atoms with Gasteiger partial charge in [-0.1, -0.05) is 89.9 Å². The summed E-state index contributed by atoms with van der Waals surface area (Å²) >= 11 is 0. The first-order chi connectivity index (χ1) is 16.9. The molecular formula is C27H46N4O4. The number of Topliss-reactive ketones (excluding diaryl/α,β-unsaturated/α-hetero) is 1. The third-order valence-electron chi connectivity index (χ3n) is 5.93. The number of allylic oxidation sites excluding steroid dienone is 1. The molecule has 0 unspecified atom stereocenters. The minimum absolute atomic E-state index is 0.129. The molecule has 0 aromatic heterocycles. The Hall–Kier alpha value is -2.64. The average molecular weight is 491 g/mol. The molecule has 0 spiro atoms. The first-order valence-electron chi connectivity index (χ1n) is 13.4. The Bertz CT molecular complexity index is 705. The fraction of sp³-hybridized carbons (Fsp3) is 0.704. The number of ketones is 1. The first kappa shape index (κ1) is 30.4. The number of carbonyl (C=O) groups is 4. The fourth-order valence-electron chi connectivity index (χ4n) is 3.83. The predicted octanol–water partition coefficient (Wildman–Crippen LogP) is 3.92. The van der Waals surface area contributed by atoms with E-state index in [2.05, 4.69) is 28.2 Å². The maximum Gasteiger partial charge on any atom is 0.315 e. The van der Waals surface area contributed by atoms with E-state index in [0.29, 0.717) is 19.5 Å². The highest BCUT2D eigenvalue weighted by atomic mass is 16.2. The van der Waals surface area contributed by atoms with E-state index in [4.69, 9.17) is 0 Å². The molecule has 1 rings (SSSR count). The number of hydrogen-bond donors (Lipinski definition) is 4. The van der Waals surface area contributed by atoms with Gasteiger partial charge in [0.05, 0.1) is 6.54 Å². The molecule has 198 valence electrons. The summed E-state index contributed by atoms with van der Waals surface area (Å²) in [5.41, 5.74) is 0. The summed E-state index contributed by atoms with van der Waals surface area (Å²) in [6.45, 7) is 4.90. The Kier molecular flexibility index (Phi) is 17.1. The van der Waals surface area contributed by atoms with Gasteiger partial charge in [-0.15, -0.1) is 0 Å². The highest BCUT2D eigenvalue weighted by Gasteiger charge is 2.20. The minimum Gasteiger partial charge on any atom is -0.352 e. The van der Waals surface area contributed by atoms with Crippen molar-refractivity contribution in [1.29, 1.82) is 0 Å². The summed E-state index contributed by atoms with van der Waals surface area (Å²) in [6, 6.07) is -1.14. The van der Waals surface area contributed by atoms with Crippen LogP contribution in [0.3, 0.4) is 0 Å². The van der Waals surface area contributed by atoms with Gasteiger partial charge in [0, 0.05) is 19.5 Å². The van der Waals surface area contributed by atoms with E-state index in [0.717, 1.165) is 12.8 Å². The molecule has 8 nitrogen and oxygen atoms in total. The number of amides is 4. The Labute approximate surface area is 211 Å². The van der Waals surface area contributed by atoms with Crippen molar-refractivity contribution in [2.75, 3.05) is 19.6 Å². The van der Waals surface area contributed by atoms with Crippen LogP contribution in [0.2, 0.25) is 0 Å². The molecule has 2 atom stereocenters. The summed E-state index contributed by atoms with van der Waals surface area (Å²) in [6.07, 6.45) is 19.6. The highest BCUT2D eigenvalue weighted by molar-refractivity contribution is 5.92. The zero-order valence-electron chi connectivity index (χ0n) is 21.7. The molecule has 0 radical (unpaired) electrons. The SMILES string of the molecule is CCCCCCCCCCCCNC(=O)NCC(=O)N[C@H]1/C=C/CCNC(=O)/C=C/[C@H](C)CC1=O. The second kappa shape index (κ2) is 19.6. The van der Waals surface area contributed by atoms with Crippen molar-refractivity contribution < 1.29 is 19.2 Å². The van der Waals surface area contributed by atoms with Crippen LogP contribution in [-0.2, 0) is 14.4 Å². The van der Waals surface area contributed by atoms with Crippen LogP contribution in [0.25, 0.3) is 0 Å². The van der Waals surface area contributed by atoms with Gasteiger partial charge in [-0.2, -0.15) is 0 Å². The first-order valence-corrected chi connectivity index (χ1v) is 13.4. The van der Waals surface area contributed by atoms with Crippen LogP contribution < -0.4 is 21.3 Å². The lowest BCUT2D eigenvalue weighted by molar-refractivity contribution is -0.126. The van der Waals surface area contributed by atoms with Gasteiger partial charge in [0.2, 0.25) is 11.8 Å². The van der Waals surface area contributed by atoms with Gasteiger partial charge in [-0.05, 0) is 24.8 Å². The normalized spacial score (nSPS) is 20.6. The van der Waals surface area contributed by atoms with Gasteiger partial charge < -0.3 is 21.3 Å². The standard InChI is InChI=1S/C27H46N4O4/c1-3-4-5-6-7-8-9-10-11-13-19-29-27(35)30-21-26(34)31-23-15-12-14-18-28-25(33)17-16-22(2)20-24(23)32/h12,15-17,22-23H,3-11,13-14,18-21H2,1-2H3,(H,28,33)(H,31,34)(H2,29,30,35)/b15-12+,17-16+/t22-,23-/m0/s1. The molecule has 0 aliphatic carbocycles. The number of hydrogen-bond acceptors (Lipinski definition) is 4. The molecule has 0 saturated carbocycles. The van der Waals surface area contributed by atoms with Gasteiger partial charge in [0.1, 0.15) is 6.04 Å². The monoisotopic (exact) mass is 490 g/mol. The topological polar surface area (TPSA) is 116 Å². The quantitative estimate of drug-likeness (QED) is 0.218. The van der Waals surface area contributed by atoms with E-state index in [-0.39, 0.29) is 36.6 Å². The number of carbonyl (C=O) groups excluding carboxylic acids is 4. The van der Waals surface area contributed by atoms with E-state index in [1.807, 2.05) is 6.92 Å². The smallest absolute Gasteiger partial charge is 0.315 e. The van der Waals surface area contributed by atoms with Crippen molar-refractivity contribution in [3.05, 3.63) is 24.3 Å². The van der Waals surface area contributed by atoms with E-state index >= 15 is 0 Å². The van der Waals surface area contributed by atoms with E-state index < -0.39 is 11.9 Å². The van der Waals surface area contributed by atoms with Crippen molar-refractivity contribution in [3.63, 3.8) is 0 Å². The van der Waals surface area contributed by atoms with E-state index in [9.17, 15) is 19.2 Å². The zero-order chi connectivity index (χ0) is 25.7. The summed E-state index contributed by atoms with van der Waals surface area (Å²) in [4.78, 5) is 48.5. The molecule has 1 heterocycles. The van der Waals surface area contributed by atoms with Crippen molar-refractivity contribution in [3.8, 4) is 0 Å². The molecule has 4 amide bonds. The molecule has 0 saturated heterocycles. The molecule has 0 aromatic carbocycles. The Morgan fingerprint density at radius 3 is 2.29 bits per heavy atom. The molecule has 0 aromatic rings. The average Bonchev–Trinajstić information content (AvgIpc) is 2.83. The number of unbranched alkanes of at least 4 members (excludes halogenated alkanes) is 9. The Balaban J connectivity index is 2.22. The summed E-state index contributed by atoms with van der Waals surface area (Å²) < 4.78 is 0. The molecule has 1 aliphatic rings. The summed E-state index contributed by atoms with van der Waals surface area (Å²) in [5.74, 6) is -0.875. The van der Waals surface area contributed by atoms with Crippen LogP contribution in [0.1, 0.15) is 90.9 Å². The fourth-order valence-corrected chi connectivity index (χ4v) is 3.83. The number of rotatable bonds is 14. The van der Waals surface area contributed by atoms with Crippen LogP contribution in [0.5, 0.6) is 0 Å². The summed E-state index contributed by atoms with van der Waals surface area (Å²) in [7, 11) is 0. The highest BCUT2D eigenvalue weighted by Crippen LogP contribution is 2.10. The van der Waals surface area contributed by atoms with E-state index in [1.54, 1.807) is 18.2 Å². The molecule has 0 bridgehead atoms. The lowest BCUT2D eigenvalue weighted by Gasteiger charge is -2.17. The van der Waals surface area contributed by atoms with Crippen LogP contribution in [0.15, 0.2) is 24.3 Å².